The Labute approximate surface area is 102 Å². The number of thiophene rings is 1. The summed E-state index contributed by atoms with van der Waals surface area (Å²) in [5, 5.41) is 21.6. The Bertz CT molecular complexity index is 520. The summed E-state index contributed by atoms with van der Waals surface area (Å²) in [5.74, 6) is -0.0624. The van der Waals surface area contributed by atoms with Crippen LogP contribution < -0.4 is 5.32 Å². The minimum Gasteiger partial charge on any atom is -0.477 e. The Morgan fingerprint density at radius 2 is 2.41 bits per heavy atom. The Balaban J connectivity index is 1.92. The second kappa shape index (κ2) is 5.07. The van der Waals surface area contributed by atoms with Gasteiger partial charge in [-0.25, -0.2) is 4.79 Å². The summed E-state index contributed by atoms with van der Waals surface area (Å²) in [6.07, 6.45) is 1.63. The normalized spacial score (nSPS) is 10.6. The molecular weight excluding hydrogens is 240 g/mol. The quantitative estimate of drug-likeness (QED) is 0.825. The molecule has 0 atom stereocenters. The third-order valence-electron chi connectivity index (χ3n) is 2.34. The number of aryl methyl sites for hydroxylation is 1. The Kier molecular flexibility index (Phi) is 3.50. The average molecular weight is 252 g/mol. The Hall–Kier alpha value is -1.73. The van der Waals surface area contributed by atoms with Gasteiger partial charge in [0.2, 0.25) is 0 Å². The molecule has 0 aromatic carbocycles. The number of carbonyl (C=O) groups is 1. The molecule has 2 rings (SSSR count). The monoisotopic (exact) mass is 252 g/mol. The van der Waals surface area contributed by atoms with Crippen molar-refractivity contribution in [3.8, 4) is 0 Å². The number of carboxylic acid groups (broad SMARTS) is 1. The van der Waals surface area contributed by atoms with E-state index in [2.05, 4.69) is 15.5 Å². The van der Waals surface area contributed by atoms with Gasteiger partial charge < -0.3 is 15.0 Å². The topological polar surface area (TPSA) is 80.0 Å². The molecule has 6 nitrogen and oxygen atoms in total. The summed E-state index contributed by atoms with van der Waals surface area (Å²) in [5.41, 5.74) is 0.796. The van der Waals surface area contributed by atoms with Gasteiger partial charge in [0.1, 0.15) is 17.0 Å². The molecule has 17 heavy (non-hydrogen) atoms. The fraction of sp³-hybridized carbons (Fsp3) is 0.300. The van der Waals surface area contributed by atoms with Crippen molar-refractivity contribution in [3.63, 3.8) is 0 Å². The number of nitrogens with zero attached hydrogens (tertiary/aromatic N) is 3. The molecule has 90 valence electrons. The fourth-order valence-electron chi connectivity index (χ4n) is 1.44. The van der Waals surface area contributed by atoms with Crippen LogP contribution in [0.15, 0.2) is 17.8 Å². The van der Waals surface area contributed by atoms with Crippen LogP contribution in [0.1, 0.15) is 21.1 Å². The Morgan fingerprint density at radius 1 is 1.59 bits per heavy atom. The molecular formula is C10H12N4O2S. The molecule has 0 aliphatic carbocycles. The summed E-state index contributed by atoms with van der Waals surface area (Å²) < 4.78 is 1.82. The number of nitrogens with one attached hydrogen (secondary N) is 1. The van der Waals surface area contributed by atoms with Gasteiger partial charge in [0.25, 0.3) is 0 Å². The molecule has 0 radical (unpaired) electrons. The molecule has 0 aliphatic rings. The van der Waals surface area contributed by atoms with E-state index in [4.69, 9.17) is 5.11 Å². The van der Waals surface area contributed by atoms with Gasteiger partial charge in [-0.2, -0.15) is 0 Å². The summed E-state index contributed by atoms with van der Waals surface area (Å²) in [4.78, 5) is 11.3. The maximum Gasteiger partial charge on any atom is 0.346 e. The van der Waals surface area contributed by atoms with Crippen molar-refractivity contribution in [2.45, 2.75) is 13.1 Å². The summed E-state index contributed by atoms with van der Waals surface area (Å²) in [6.45, 7) is 1.07. The standard InChI is InChI=1S/C10H12N4O2S/c1-14-6-12-13-8(14)5-11-4-7-2-3-17-9(7)10(15)16/h2-3,6,11H,4-5H2,1H3,(H,15,16). The van der Waals surface area contributed by atoms with E-state index < -0.39 is 5.97 Å². The molecule has 0 fully saturated rings. The number of rotatable bonds is 5. The van der Waals surface area contributed by atoms with Gasteiger partial charge >= 0.3 is 5.97 Å². The van der Waals surface area contributed by atoms with Gasteiger partial charge in [0.15, 0.2) is 0 Å². The predicted molar refractivity (Wildman–Crippen MR) is 62.8 cm³/mol. The van der Waals surface area contributed by atoms with E-state index in [1.807, 2.05) is 17.7 Å². The van der Waals surface area contributed by atoms with Gasteiger partial charge in [0, 0.05) is 13.6 Å². The number of aromatic carboxylic acids is 1. The van der Waals surface area contributed by atoms with E-state index in [0.29, 0.717) is 18.0 Å². The highest BCUT2D eigenvalue weighted by molar-refractivity contribution is 7.12. The maximum absolute atomic E-state index is 10.9. The largest absolute Gasteiger partial charge is 0.477 e. The highest BCUT2D eigenvalue weighted by atomic mass is 32.1. The highest BCUT2D eigenvalue weighted by Gasteiger charge is 2.11. The fourth-order valence-corrected chi connectivity index (χ4v) is 2.20. The van der Waals surface area contributed by atoms with Crippen molar-refractivity contribution in [1.29, 1.82) is 0 Å². The summed E-state index contributed by atoms with van der Waals surface area (Å²) in [7, 11) is 1.87. The third-order valence-corrected chi connectivity index (χ3v) is 3.29. The van der Waals surface area contributed by atoms with Crippen molar-refractivity contribution in [3.05, 3.63) is 34.0 Å². The predicted octanol–water partition coefficient (Wildman–Crippen LogP) is 0.865. The van der Waals surface area contributed by atoms with Crippen LogP contribution in [0, 0.1) is 0 Å². The number of hydrogen-bond acceptors (Lipinski definition) is 5. The molecule has 0 saturated carbocycles. The van der Waals surface area contributed by atoms with Gasteiger partial charge in [-0.1, -0.05) is 0 Å². The molecule has 7 heteroatoms. The van der Waals surface area contributed by atoms with Crippen LogP contribution in [0.25, 0.3) is 0 Å². The van der Waals surface area contributed by atoms with Crippen molar-refractivity contribution in [1.82, 2.24) is 20.1 Å². The zero-order valence-electron chi connectivity index (χ0n) is 9.25. The molecule has 0 unspecified atom stereocenters. The van der Waals surface area contributed by atoms with Gasteiger partial charge in [-0.05, 0) is 17.0 Å². The molecule has 0 saturated heterocycles. The zero-order valence-corrected chi connectivity index (χ0v) is 10.1. The van der Waals surface area contributed by atoms with Crippen molar-refractivity contribution in [2.75, 3.05) is 0 Å². The van der Waals surface area contributed by atoms with Crippen molar-refractivity contribution >= 4 is 17.3 Å². The van der Waals surface area contributed by atoms with E-state index in [1.165, 1.54) is 11.3 Å². The smallest absolute Gasteiger partial charge is 0.346 e. The summed E-state index contributed by atoms with van der Waals surface area (Å²) >= 11 is 1.24. The lowest BCUT2D eigenvalue weighted by atomic mass is 10.2. The first-order valence-electron chi connectivity index (χ1n) is 5.01. The molecule has 0 spiro atoms. The van der Waals surface area contributed by atoms with Crippen LogP contribution in [0.5, 0.6) is 0 Å². The van der Waals surface area contributed by atoms with Crippen LogP contribution in [0.2, 0.25) is 0 Å². The molecule has 0 bridgehead atoms. The first kappa shape index (κ1) is 11.7. The van der Waals surface area contributed by atoms with Crippen molar-refractivity contribution < 1.29 is 9.90 Å². The van der Waals surface area contributed by atoms with Crippen LogP contribution in [0.3, 0.4) is 0 Å². The average Bonchev–Trinajstić information content (AvgIpc) is 2.88. The summed E-state index contributed by atoms with van der Waals surface area (Å²) in [6, 6.07) is 1.82. The molecule has 2 heterocycles. The van der Waals surface area contributed by atoms with Crippen LogP contribution in [-0.2, 0) is 20.1 Å². The minimum atomic E-state index is -0.879. The molecule has 0 aliphatic heterocycles. The number of aromatic nitrogens is 3. The van der Waals surface area contributed by atoms with Crippen LogP contribution >= 0.6 is 11.3 Å². The first-order chi connectivity index (χ1) is 8.18. The number of hydrogen-bond donors (Lipinski definition) is 2. The van der Waals surface area contributed by atoms with E-state index >= 15 is 0 Å². The van der Waals surface area contributed by atoms with E-state index in [-0.39, 0.29) is 0 Å². The molecule has 2 N–H and O–H groups in total. The lowest BCUT2D eigenvalue weighted by molar-refractivity contribution is 0.0701. The zero-order chi connectivity index (χ0) is 12.3. The van der Waals surface area contributed by atoms with E-state index in [1.54, 1.807) is 11.7 Å². The lowest BCUT2D eigenvalue weighted by Crippen LogP contribution is -2.16. The van der Waals surface area contributed by atoms with Gasteiger partial charge in [-0.3, -0.25) is 0 Å². The van der Waals surface area contributed by atoms with Gasteiger partial charge in [0.05, 0.1) is 6.54 Å². The second-order valence-corrected chi connectivity index (χ2v) is 4.46. The molecule has 2 aromatic rings. The second-order valence-electron chi connectivity index (χ2n) is 3.54. The Morgan fingerprint density at radius 3 is 3.06 bits per heavy atom. The third kappa shape index (κ3) is 2.69. The van der Waals surface area contributed by atoms with Crippen molar-refractivity contribution in [2.24, 2.45) is 7.05 Å². The van der Waals surface area contributed by atoms with Gasteiger partial charge in [-0.15, -0.1) is 21.5 Å². The number of carboxylic acids is 1. The molecule has 2 aromatic heterocycles. The van der Waals surface area contributed by atoms with E-state index in [9.17, 15) is 4.79 Å². The highest BCUT2D eigenvalue weighted by Crippen LogP contribution is 2.16. The first-order valence-corrected chi connectivity index (χ1v) is 5.89. The molecule has 0 amide bonds. The maximum atomic E-state index is 10.9. The van der Waals surface area contributed by atoms with E-state index in [0.717, 1.165) is 11.4 Å². The SMILES string of the molecule is Cn1cnnc1CNCc1ccsc1C(=O)O. The minimum absolute atomic E-state index is 0.385. The van der Waals surface area contributed by atoms with Crippen LogP contribution in [0.4, 0.5) is 0 Å². The lowest BCUT2D eigenvalue weighted by Gasteiger charge is -2.03. The van der Waals surface area contributed by atoms with Crippen LogP contribution in [-0.4, -0.2) is 25.8 Å².